The Kier molecular flexibility index (Phi) is 10.3. The minimum atomic E-state index is -0.170. The highest BCUT2D eigenvalue weighted by atomic mass is 16.2. The molecule has 0 saturated carbocycles. The van der Waals surface area contributed by atoms with E-state index in [1.807, 2.05) is 86.5 Å². The topological polar surface area (TPSA) is 89.4 Å². The minimum absolute atomic E-state index is 0.170. The van der Waals surface area contributed by atoms with Gasteiger partial charge in [0.1, 0.15) is 0 Å². The quantitative estimate of drug-likeness (QED) is 0.565. The van der Waals surface area contributed by atoms with E-state index >= 15 is 0 Å². The normalized spacial score (nSPS) is 10.3. The van der Waals surface area contributed by atoms with Crippen molar-refractivity contribution in [2.24, 2.45) is 10.2 Å². The van der Waals surface area contributed by atoms with E-state index in [9.17, 15) is 9.59 Å². The fourth-order valence-electron chi connectivity index (χ4n) is 2.11. The molecule has 0 atom stereocenters. The van der Waals surface area contributed by atoms with Crippen LogP contribution in [0.1, 0.15) is 25.0 Å². The molecule has 0 fully saturated rings. The molecule has 0 saturated heterocycles. The molecule has 0 aliphatic carbocycles. The second-order valence-corrected chi connectivity index (χ2v) is 6.82. The molecule has 2 aromatic carbocycles. The number of hydrazone groups is 2. The molecular weight excluding hydrogens is 380 g/mol. The van der Waals surface area contributed by atoms with Gasteiger partial charge in [0.25, 0.3) is 0 Å². The van der Waals surface area contributed by atoms with Gasteiger partial charge in [0.05, 0.1) is 12.4 Å². The van der Waals surface area contributed by atoms with Gasteiger partial charge in [0.2, 0.25) is 11.8 Å². The van der Waals surface area contributed by atoms with Crippen molar-refractivity contribution in [1.29, 1.82) is 0 Å². The summed E-state index contributed by atoms with van der Waals surface area (Å²) in [6.45, 7) is 2.85. The number of anilines is 2. The van der Waals surface area contributed by atoms with Gasteiger partial charge in [-0.15, -0.1) is 0 Å². The molecule has 0 unspecified atom stereocenters. The number of hydrogen-bond acceptors (Lipinski definition) is 6. The summed E-state index contributed by atoms with van der Waals surface area (Å²) in [5.41, 5.74) is 8.87. The first-order chi connectivity index (χ1) is 14.2. The molecule has 8 nitrogen and oxygen atoms in total. The summed E-state index contributed by atoms with van der Waals surface area (Å²) >= 11 is 0. The third-order valence-corrected chi connectivity index (χ3v) is 3.69. The zero-order valence-corrected chi connectivity index (χ0v) is 18.4. The van der Waals surface area contributed by atoms with Gasteiger partial charge in [-0.25, -0.2) is 10.9 Å². The van der Waals surface area contributed by atoms with Crippen LogP contribution in [0.4, 0.5) is 11.4 Å². The zero-order chi connectivity index (χ0) is 22.5. The van der Waals surface area contributed by atoms with E-state index in [1.165, 1.54) is 13.8 Å². The third-order valence-electron chi connectivity index (χ3n) is 3.69. The lowest BCUT2D eigenvalue weighted by atomic mass is 10.2. The molecule has 2 amide bonds. The van der Waals surface area contributed by atoms with Crippen molar-refractivity contribution in [3.05, 3.63) is 59.7 Å². The maximum absolute atomic E-state index is 10.5. The second-order valence-electron chi connectivity index (χ2n) is 6.82. The van der Waals surface area contributed by atoms with Crippen molar-refractivity contribution >= 4 is 35.6 Å². The Bertz CT molecular complexity index is 783. The van der Waals surface area contributed by atoms with Gasteiger partial charge >= 0.3 is 0 Å². The molecule has 8 heteroatoms. The average Bonchev–Trinajstić information content (AvgIpc) is 2.69. The van der Waals surface area contributed by atoms with Gasteiger partial charge in [-0.3, -0.25) is 9.59 Å². The van der Waals surface area contributed by atoms with Gasteiger partial charge < -0.3 is 9.80 Å². The smallest absolute Gasteiger partial charge is 0.236 e. The highest BCUT2D eigenvalue weighted by Gasteiger charge is 1.95. The molecule has 2 rings (SSSR count). The fraction of sp³-hybridized carbons (Fsp3) is 0.273. The highest BCUT2D eigenvalue weighted by Crippen LogP contribution is 2.11. The summed E-state index contributed by atoms with van der Waals surface area (Å²) < 4.78 is 0. The number of carbonyl (C=O) groups excluding carboxylic acids is 2. The summed E-state index contributed by atoms with van der Waals surface area (Å²) in [5, 5.41) is 7.55. The number of rotatable bonds is 6. The number of benzene rings is 2. The van der Waals surface area contributed by atoms with Crippen LogP contribution < -0.4 is 20.7 Å². The first-order valence-corrected chi connectivity index (χ1v) is 9.33. The molecule has 2 N–H and O–H groups in total. The highest BCUT2D eigenvalue weighted by molar-refractivity contribution is 5.83. The Morgan fingerprint density at radius 2 is 0.967 bits per heavy atom. The molecular formula is C22H30N6O2. The molecule has 160 valence electrons. The number of hydrogen-bond donors (Lipinski definition) is 2. The van der Waals surface area contributed by atoms with Crippen LogP contribution >= 0.6 is 0 Å². The Labute approximate surface area is 178 Å². The number of amides is 2. The average molecular weight is 411 g/mol. The third kappa shape index (κ3) is 10.0. The monoisotopic (exact) mass is 410 g/mol. The molecule has 0 aromatic heterocycles. The minimum Gasteiger partial charge on any atom is -0.378 e. The Hall–Kier alpha value is -3.68. The van der Waals surface area contributed by atoms with E-state index in [4.69, 9.17) is 0 Å². The van der Waals surface area contributed by atoms with Gasteiger partial charge in [0, 0.05) is 53.4 Å². The summed E-state index contributed by atoms with van der Waals surface area (Å²) in [4.78, 5) is 25.1. The van der Waals surface area contributed by atoms with Crippen molar-refractivity contribution in [1.82, 2.24) is 10.9 Å². The molecule has 2 aromatic rings. The SMILES string of the molecule is CC(=O)N/N=C/c1ccc(N(C)C)cc1.CC(=O)N/N=C/c1ccc(N(C)C)cc1. The summed E-state index contributed by atoms with van der Waals surface area (Å²) in [6.07, 6.45) is 3.22. The summed E-state index contributed by atoms with van der Waals surface area (Å²) in [6, 6.07) is 15.8. The van der Waals surface area contributed by atoms with Crippen molar-refractivity contribution in [3.8, 4) is 0 Å². The van der Waals surface area contributed by atoms with Crippen LogP contribution in [0.5, 0.6) is 0 Å². The first-order valence-electron chi connectivity index (χ1n) is 9.33. The van der Waals surface area contributed by atoms with Gasteiger partial charge in [0.15, 0.2) is 0 Å². The van der Waals surface area contributed by atoms with Crippen molar-refractivity contribution < 1.29 is 9.59 Å². The lowest BCUT2D eigenvalue weighted by Crippen LogP contribution is -2.12. The lowest BCUT2D eigenvalue weighted by Gasteiger charge is -2.11. The van der Waals surface area contributed by atoms with E-state index in [0.29, 0.717) is 0 Å². The number of carbonyl (C=O) groups is 2. The van der Waals surface area contributed by atoms with Crippen LogP contribution in [0.25, 0.3) is 0 Å². The molecule has 0 heterocycles. The van der Waals surface area contributed by atoms with Gasteiger partial charge in [-0.2, -0.15) is 10.2 Å². The van der Waals surface area contributed by atoms with Crippen molar-refractivity contribution in [3.63, 3.8) is 0 Å². The Balaban J connectivity index is 0.000000300. The van der Waals surface area contributed by atoms with Gasteiger partial charge in [-0.05, 0) is 35.4 Å². The molecule has 30 heavy (non-hydrogen) atoms. The number of nitrogens with one attached hydrogen (secondary N) is 2. The maximum Gasteiger partial charge on any atom is 0.236 e. The number of nitrogens with zero attached hydrogens (tertiary/aromatic N) is 4. The molecule has 0 aliphatic rings. The van der Waals surface area contributed by atoms with Gasteiger partial charge in [-0.1, -0.05) is 24.3 Å². The molecule has 0 bridgehead atoms. The van der Waals surface area contributed by atoms with E-state index in [2.05, 4.69) is 21.1 Å². The fourth-order valence-corrected chi connectivity index (χ4v) is 2.11. The Morgan fingerprint density at radius 3 is 1.20 bits per heavy atom. The zero-order valence-electron chi connectivity index (χ0n) is 18.4. The molecule has 0 spiro atoms. The van der Waals surface area contributed by atoms with E-state index < -0.39 is 0 Å². The standard InChI is InChI=1S/2C11H15N3O/c2*1-9(15)13-12-8-10-4-6-11(7-5-10)14(2)3/h2*4-8H,1-3H3,(H,13,15)/b2*12-8+. The van der Waals surface area contributed by atoms with Crippen LogP contribution in [0.2, 0.25) is 0 Å². The maximum atomic E-state index is 10.5. The summed E-state index contributed by atoms with van der Waals surface area (Å²) in [5.74, 6) is -0.340. The first kappa shape index (κ1) is 24.4. The van der Waals surface area contributed by atoms with Crippen LogP contribution in [0.3, 0.4) is 0 Å². The van der Waals surface area contributed by atoms with Crippen LogP contribution in [0.15, 0.2) is 58.7 Å². The predicted molar refractivity (Wildman–Crippen MR) is 124 cm³/mol. The van der Waals surface area contributed by atoms with E-state index in [0.717, 1.165) is 22.5 Å². The largest absolute Gasteiger partial charge is 0.378 e. The van der Waals surface area contributed by atoms with E-state index in [1.54, 1.807) is 12.4 Å². The molecule has 0 aliphatic heterocycles. The van der Waals surface area contributed by atoms with Crippen LogP contribution in [-0.2, 0) is 9.59 Å². The van der Waals surface area contributed by atoms with Crippen LogP contribution in [-0.4, -0.2) is 52.4 Å². The van der Waals surface area contributed by atoms with Crippen LogP contribution in [0, 0.1) is 0 Å². The second kappa shape index (κ2) is 12.7. The molecule has 0 radical (unpaired) electrons. The lowest BCUT2D eigenvalue weighted by molar-refractivity contribution is -0.119. The van der Waals surface area contributed by atoms with E-state index in [-0.39, 0.29) is 11.8 Å². The Morgan fingerprint density at radius 1 is 0.667 bits per heavy atom. The summed E-state index contributed by atoms with van der Waals surface area (Å²) in [7, 11) is 7.95. The van der Waals surface area contributed by atoms with Crippen molar-refractivity contribution in [2.75, 3.05) is 38.0 Å². The van der Waals surface area contributed by atoms with Crippen molar-refractivity contribution in [2.45, 2.75) is 13.8 Å². The predicted octanol–water partition coefficient (Wildman–Crippen LogP) is 2.45.